The summed E-state index contributed by atoms with van der Waals surface area (Å²) in [7, 11) is 0. The number of amides is 1. The zero-order valence-electron chi connectivity index (χ0n) is 16.9. The highest BCUT2D eigenvalue weighted by Gasteiger charge is 2.24. The fraction of sp³-hybridized carbons (Fsp3) is 0.304. The minimum atomic E-state index is -0.155. The monoisotopic (exact) mass is 391 g/mol. The molecule has 2 aromatic carbocycles. The van der Waals surface area contributed by atoms with Crippen LogP contribution in [0.25, 0.3) is 5.69 Å². The van der Waals surface area contributed by atoms with E-state index in [1.165, 1.54) is 0 Å². The minimum absolute atomic E-state index is 0.140. The SMILES string of the molecule is Cc1c(C(=O)NC(c2ccc3c(c2)OCCO3)C(C)C)cnn1-c1ccccc1. The van der Waals surface area contributed by atoms with Gasteiger partial charge in [0, 0.05) is 0 Å². The molecular weight excluding hydrogens is 366 g/mol. The van der Waals surface area contributed by atoms with E-state index < -0.39 is 0 Å². The van der Waals surface area contributed by atoms with E-state index in [4.69, 9.17) is 9.47 Å². The fourth-order valence-electron chi connectivity index (χ4n) is 3.57. The van der Waals surface area contributed by atoms with Crippen molar-refractivity contribution in [2.45, 2.75) is 26.8 Å². The topological polar surface area (TPSA) is 65.4 Å². The van der Waals surface area contributed by atoms with Gasteiger partial charge in [0.1, 0.15) is 13.2 Å². The van der Waals surface area contributed by atoms with Gasteiger partial charge in [0.05, 0.1) is 29.2 Å². The summed E-state index contributed by atoms with van der Waals surface area (Å²) in [6.45, 7) is 7.17. The molecule has 0 saturated carbocycles. The average molecular weight is 391 g/mol. The summed E-state index contributed by atoms with van der Waals surface area (Å²) in [6.07, 6.45) is 1.62. The second kappa shape index (κ2) is 7.99. The van der Waals surface area contributed by atoms with Crippen molar-refractivity contribution in [1.29, 1.82) is 0 Å². The Morgan fingerprint density at radius 2 is 1.79 bits per heavy atom. The highest BCUT2D eigenvalue weighted by Crippen LogP contribution is 2.34. The summed E-state index contributed by atoms with van der Waals surface area (Å²) in [5.41, 5.74) is 3.29. The van der Waals surface area contributed by atoms with Crippen LogP contribution in [-0.2, 0) is 0 Å². The molecule has 0 spiro atoms. The summed E-state index contributed by atoms with van der Waals surface area (Å²) in [4.78, 5) is 13.1. The molecule has 0 radical (unpaired) electrons. The first-order chi connectivity index (χ1) is 14.0. The number of rotatable bonds is 5. The molecule has 1 N–H and O–H groups in total. The molecule has 0 bridgehead atoms. The molecule has 1 amide bonds. The van der Waals surface area contributed by atoms with Crippen molar-refractivity contribution in [3.63, 3.8) is 0 Å². The number of para-hydroxylation sites is 1. The molecule has 3 aromatic rings. The Morgan fingerprint density at radius 1 is 1.07 bits per heavy atom. The van der Waals surface area contributed by atoms with Crippen LogP contribution < -0.4 is 14.8 Å². The Morgan fingerprint density at radius 3 is 2.52 bits per heavy atom. The maximum Gasteiger partial charge on any atom is 0.255 e. The molecule has 6 heteroatoms. The second-order valence-electron chi connectivity index (χ2n) is 7.49. The van der Waals surface area contributed by atoms with Crippen LogP contribution >= 0.6 is 0 Å². The molecule has 6 nitrogen and oxygen atoms in total. The van der Waals surface area contributed by atoms with Gasteiger partial charge in [-0.15, -0.1) is 0 Å². The average Bonchev–Trinajstić information content (AvgIpc) is 3.13. The van der Waals surface area contributed by atoms with Gasteiger partial charge in [-0.3, -0.25) is 4.79 Å². The molecule has 1 unspecified atom stereocenters. The smallest absolute Gasteiger partial charge is 0.255 e. The maximum atomic E-state index is 13.1. The van der Waals surface area contributed by atoms with Gasteiger partial charge in [0.15, 0.2) is 11.5 Å². The quantitative estimate of drug-likeness (QED) is 0.712. The summed E-state index contributed by atoms with van der Waals surface area (Å²) in [5.74, 6) is 1.53. The Kier molecular flexibility index (Phi) is 5.25. The van der Waals surface area contributed by atoms with E-state index >= 15 is 0 Å². The Labute approximate surface area is 170 Å². The van der Waals surface area contributed by atoms with Crippen molar-refractivity contribution in [1.82, 2.24) is 15.1 Å². The molecule has 0 saturated heterocycles. The molecule has 1 aromatic heterocycles. The first kappa shape index (κ1) is 19.1. The Bertz CT molecular complexity index is 1010. The molecule has 1 aliphatic heterocycles. The van der Waals surface area contributed by atoms with Crippen LogP contribution in [0.4, 0.5) is 0 Å². The number of hydrogen-bond donors (Lipinski definition) is 1. The maximum absolute atomic E-state index is 13.1. The van der Waals surface area contributed by atoms with E-state index in [0.29, 0.717) is 18.8 Å². The second-order valence-corrected chi connectivity index (χ2v) is 7.49. The van der Waals surface area contributed by atoms with Crippen LogP contribution in [0.3, 0.4) is 0 Å². The first-order valence-electron chi connectivity index (χ1n) is 9.85. The lowest BCUT2D eigenvalue weighted by molar-refractivity contribution is 0.0924. The predicted octanol–water partition coefficient (Wildman–Crippen LogP) is 4.08. The van der Waals surface area contributed by atoms with Gasteiger partial charge in [-0.1, -0.05) is 38.1 Å². The van der Waals surface area contributed by atoms with E-state index in [9.17, 15) is 4.79 Å². The van der Waals surface area contributed by atoms with Crippen LogP contribution in [0, 0.1) is 12.8 Å². The zero-order valence-corrected chi connectivity index (χ0v) is 16.9. The fourth-order valence-corrected chi connectivity index (χ4v) is 3.57. The normalized spacial score (nSPS) is 13.9. The van der Waals surface area contributed by atoms with Crippen molar-refractivity contribution in [2.75, 3.05) is 13.2 Å². The van der Waals surface area contributed by atoms with E-state index in [1.807, 2.05) is 55.5 Å². The van der Waals surface area contributed by atoms with Crippen molar-refractivity contribution < 1.29 is 14.3 Å². The number of nitrogens with one attached hydrogen (secondary N) is 1. The van der Waals surface area contributed by atoms with E-state index in [2.05, 4.69) is 24.3 Å². The Hall–Kier alpha value is -3.28. The van der Waals surface area contributed by atoms with Crippen molar-refractivity contribution in [2.24, 2.45) is 5.92 Å². The van der Waals surface area contributed by atoms with E-state index in [0.717, 1.165) is 28.4 Å². The molecule has 29 heavy (non-hydrogen) atoms. The van der Waals surface area contributed by atoms with Crippen LogP contribution in [0.2, 0.25) is 0 Å². The van der Waals surface area contributed by atoms with Gasteiger partial charge in [-0.05, 0) is 42.7 Å². The molecule has 2 heterocycles. The third-order valence-electron chi connectivity index (χ3n) is 5.13. The highest BCUT2D eigenvalue weighted by atomic mass is 16.6. The van der Waals surface area contributed by atoms with Crippen LogP contribution in [0.5, 0.6) is 11.5 Å². The largest absolute Gasteiger partial charge is 0.486 e. The van der Waals surface area contributed by atoms with Gasteiger partial charge in [0.2, 0.25) is 0 Å². The van der Waals surface area contributed by atoms with Crippen LogP contribution in [0.15, 0.2) is 54.7 Å². The third kappa shape index (κ3) is 3.83. The van der Waals surface area contributed by atoms with Gasteiger partial charge in [0.25, 0.3) is 5.91 Å². The highest BCUT2D eigenvalue weighted by molar-refractivity contribution is 5.95. The van der Waals surface area contributed by atoms with E-state index in [1.54, 1.807) is 10.9 Å². The Balaban J connectivity index is 1.58. The summed E-state index contributed by atoms with van der Waals surface area (Å²) in [5, 5.41) is 7.58. The molecule has 1 aliphatic rings. The predicted molar refractivity (Wildman–Crippen MR) is 111 cm³/mol. The summed E-state index contributed by atoms with van der Waals surface area (Å²) >= 11 is 0. The number of carbonyl (C=O) groups excluding carboxylic acids is 1. The van der Waals surface area contributed by atoms with Gasteiger partial charge < -0.3 is 14.8 Å². The molecular formula is C23H25N3O3. The van der Waals surface area contributed by atoms with Crippen LogP contribution in [0.1, 0.15) is 41.5 Å². The molecule has 1 atom stereocenters. The van der Waals surface area contributed by atoms with Gasteiger partial charge in [-0.25, -0.2) is 4.68 Å². The number of ether oxygens (including phenoxy) is 2. The minimum Gasteiger partial charge on any atom is -0.486 e. The first-order valence-corrected chi connectivity index (χ1v) is 9.85. The number of hydrogen-bond acceptors (Lipinski definition) is 4. The zero-order chi connectivity index (χ0) is 20.4. The molecule has 0 aliphatic carbocycles. The summed E-state index contributed by atoms with van der Waals surface area (Å²) in [6, 6.07) is 15.5. The number of fused-ring (bicyclic) bond motifs is 1. The van der Waals surface area contributed by atoms with Gasteiger partial charge in [-0.2, -0.15) is 5.10 Å². The lowest BCUT2D eigenvalue weighted by Gasteiger charge is -2.25. The van der Waals surface area contributed by atoms with E-state index in [-0.39, 0.29) is 17.9 Å². The van der Waals surface area contributed by atoms with Crippen molar-refractivity contribution >= 4 is 5.91 Å². The number of carbonyl (C=O) groups is 1. The molecule has 0 fully saturated rings. The summed E-state index contributed by atoms with van der Waals surface area (Å²) < 4.78 is 13.1. The van der Waals surface area contributed by atoms with Crippen molar-refractivity contribution in [3.8, 4) is 17.2 Å². The molecule has 4 rings (SSSR count). The lowest BCUT2D eigenvalue weighted by atomic mass is 9.95. The van der Waals surface area contributed by atoms with Crippen LogP contribution in [-0.4, -0.2) is 28.9 Å². The third-order valence-corrected chi connectivity index (χ3v) is 5.13. The molecule has 150 valence electrons. The number of aromatic nitrogens is 2. The lowest BCUT2D eigenvalue weighted by Crippen LogP contribution is -2.32. The number of nitrogens with zero attached hydrogens (tertiary/aromatic N) is 2. The number of benzene rings is 2. The van der Waals surface area contributed by atoms with Crippen molar-refractivity contribution in [3.05, 3.63) is 71.5 Å². The standard InChI is InChI=1S/C23H25N3O3/c1-15(2)22(17-9-10-20-21(13-17)29-12-11-28-20)25-23(27)19-14-24-26(16(19)3)18-7-5-4-6-8-18/h4-10,13-15,22H,11-12H2,1-3H3,(H,25,27). The van der Waals surface area contributed by atoms with Gasteiger partial charge >= 0.3 is 0 Å².